The highest BCUT2D eigenvalue weighted by Gasteiger charge is 2.20. The van der Waals surface area contributed by atoms with E-state index in [0.717, 1.165) is 46.6 Å². The van der Waals surface area contributed by atoms with E-state index in [9.17, 15) is 5.26 Å². The summed E-state index contributed by atoms with van der Waals surface area (Å²) >= 11 is 5.98. The van der Waals surface area contributed by atoms with Gasteiger partial charge in [-0.25, -0.2) is 5.32 Å². The van der Waals surface area contributed by atoms with Gasteiger partial charge in [-0.15, -0.1) is 0 Å². The number of aromatic nitrogens is 1. The largest absolute Gasteiger partial charge is 0.458 e. The maximum absolute atomic E-state index is 9.41. The lowest BCUT2D eigenvalue weighted by Gasteiger charge is -2.22. The third kappa shape index (κ3) is 3.28. The third-order valence-electron chi connectivity index (χ3n) is 4.14. The number of halogens is 1. The summed E-state index contributed by atoms with van der Waals surface area (Å²) in [5, 5.41) is 14.4. The zero-order valence-corrected chi connectivity index (χ0v) is 14.4. The number of ether oxygens (including phenoxy) is 1. The summed E-state index contributed by atoms with van der Waals surface area (Å²) in [6.45, 7) is 5.20. The van der Waals surface area contributed by atoms with Crippen molar-refractivity contribution in [1.29, 1.82) is 5.26 Å². The molecule has 0 fully saturated rings. The highest BCUT2D eigenvalue weighted by Crippen LogP contribution is 2.31. The number of nitrogens with zero attached hydrogens (tertiary/aromatic N) is 3. The summed E-state index contributed by atoms with van der Waals surface area (Å²) in [6.07, 6.45) is 3.99. The van der Waals surface area contributed by atoms with Gasteiger partial charge in [0.05, 0.1) is 29.4 Å². The van der Waals surface area contributed by atoms with Crippen molar-refractivity contribution < 1.29 is 4.74 Å². The zero-order chi connectivity index (χ0) is 17.1. The second kappa shape index (κ2) is 7.04. The molecule has 1 aromatic carbocycles. The van der Waals surface area contributed by atoms with Gasteiger partial charge < -0.3 is 4.74 Å². The van der Waals surface area contributed by atoms with Gasteiger partial charge in [0.2, 0.25) is 0 Å². The van der Waals surface area contributed by atoms with Gasteiger partial charge in [-0.3, -0.25) is 4.98 Å². The van der Waals surface area contributed by atoms with Gasteiger partial charge in [-0.05, 0) is 37.0 Å². The van der Waals surface area contributed by atoms with Crippen LogP contribution in [0.15, 0.2) is 36.4 Å². The smallest absolute Gasteiger partial charge is 0.146 e. The standard InChI is InChI=1S/C19H17ClN3O/c1-12-3-4-16(13(2)18(12)8-21)17-5-6-22-11-19(17)24-15-7-14(20)9-23-10-15/h3-4,7,9-10H,5-6,11H2,1-2H3. The lowest BCUT2D eigenvalue weighted by molar-refractivity contribution is 0.393. The summed E-state index contributed by atoms with van der Waals surface area (Å²) < 4.78 is 6.02. The van der Waals surface area contributed by atoms with Crippen molar-refractivity contribution in [2.45, 2.75) is 20.3 Å². The van der Waals surface area contributed by atoms with Gasteiger partial charge in [0.15, 0.2) is 0 Å². The molecule has 3 rings (SSSR count). The Balaban J connectivity index is 2.06. The Hall–Kier alpha value is -2.35. The summed E-state index contributed by atoms with van der Waals surface area (Å²) in [6, 6.07) is 8.08. The number of benzene rings is 1. The molecule has 4 nitrogen and oxygen atoms in total. The van der Waals surface area contributed by atoms with Crippen LogP contribution < -0.4 is 10.1 Å². The van der Waals surface area contributed by atoms with E-state index in [2.05, 4.69) is 22.4 Å². The van der Waals surface area contributed by atoms with Crippen LogP contribution in [-0.2, 0) is 0 Å². The number of hydrogen-bond acceptors (Lipinski definition) is 3. The molecule has 2 aromatic rings. The predicted octanol–water partition coefficient (Wildman–Crippen LogP) is 4.02. The summed E-state index contributed by atoms with van der Waals surface area (Å²) in [4.78, 5) is 4.05. The highest BCUT2D eigenvalue weighted by atomic mass is 35.5. The molecular formula is C19H17ClN3O. The van der Waals surface area contributed by atoms with Crippen molar-refractivity contribution in [3.63, 3.8) is 0 Å². The van der Waals surface area contributed by atoms with Crippen LogP contribution in [0.2, 0.25) is 5.02 Å². The fraction of sp³-hybridized carbons (Fsp3) is 0.263. The highest BCUT2D eigenvalue weighted by molar-refractivity contribution is 6.30. The van der Waals surface area contributed by atoms with Crippen LogP contribution in [-0.4, -0.2) is 18.1 Å². The second-order valence-electron chi connectivity index (χ2n) is 5.74. The van der Waals surface area contributed by atoms with E-state index in [-0.39, 0.29) is 0 Å². The van der Waals surface area contributed by atoms with E-state index in [1.807, 2.05) is 19.9 Å². The minimum atomic E-state index is 0.511. The number of aryl methyl sites for hydroxylation is 1. The lowest BCUT2D eigenvalue weighted by Crippen LogP contribution is -2.22. The van der Waals surface area contributed by atoms with Crippen molar-refractivity contribution in [3.05, 3.63) is 63.6 Å². The Labute approximate surface area is 146 Å². The molecule has 1 radical (unpaired) electrons. The fourth-order valence-corrected chi connectivity index (χ4v) is 3.09. The minimum Gasteiger partial charge on any atom is -0.458 e. The summed E-state index contributed by atoms with van der Waals surface area (Å²) in [7, 11) is 0. The van der Waals surface area contributed by atoms with E-state index in [0.29, 0.717) is 17.3 Å². The molecule has 0 amide bonds. The van der Waals surface area contributed by atoms with Crippen LogP contribution in [0.4, 0.5) is 0 Å². The SMILES string of the molecule is Cc1ccc(C2=C(Oc3cncc(Cl)c3)C[N]CC2)c(C)c1C#N. The number of rotatable bonds is 3. The van der Waals surface area contributed by atoms with Crippen molar-refractivity contribution in [2.24, 2.45) is 0 Å². The molecule has 0 unspecified atom stereocenters. The Morgan fingerprint density at radius 1 is 1.25 bits per heavy atom. The summed E-state index contributed by atoms with van der Waals surface area (Å²) in [5.74, 6) is 1.39. The minimum absolute atomic E-state index is 0.511. The monoisotopic (exact) mass is 338 g/mol. The van der Waals surface area contributed by atoms with E-state index < -0.39 is 0 Å². The first-order chi connectivity index (χ1) is 11.6. The maximum atomic E-state index is 9.41. The molecule has 0 saturated heterocycles. The van der Waals surface area contributed by atoms with Crippen LogP contribution >= 0.6 is 11.6 Å². The predicted molar refractivity (Wildman–Crippen MR) is 93.9 cm³/mol. The van der Waals surface area contributed by atoms with Crippen LogP contribution in [0.3, 0.4) is 0 Å². The molecule has 0 N–H and O–H groups in total. The van der Waals surface area contributed by atoms with Gasteiger partial charge in [0.25, 0.3) is 0 Å². The first kappa shape index (κ1) is 16.5. The van der Waals surface area contributed by atoms with Gasteiger partial charge in [0.1, 0.15) is 11.5 Å². The Morgan fingerprint density at radius 2 is 2.08 bits per heavy atom. The molecule has 1 aromatic heterocycles. The van der Waals surface area contributed by atoms with Gasteiger partial charge in [-0.1, -0.05) is 23.7 Å². The fourth-order valence-electron chi connectivity index (χ4n) is 2.92. The van der Waals surface area contributed by atoms with Gasteiger partial charge in [0, 0.05) is 24.4 Å². The average molecular weight is 339 g/mol. The molecule has 0 atom stereocenters. The lowest BCUT2D eigenvalue weighted by atomic mass is 9.90. The summed E-state index contributed by atoms with van der Waals surface area (Å²) in [5.41, 5.74) is 4.85. The first-order valence-electron chi connectivity index (χ1n) is 7.74. The van der Waals surface area contributed by atoms with Crippen LogP contribution in [0.1, 0.15) is 28.7 Å². The molecular weight excluding hydrogens is 322 g/mol. The molecule has 0 spiro atoms. The third-order valence-corrected chi connectivity index (χ3v) is 4.35. The Kier molecular flexibility index (Phi) is 4.84. The van der Waals surface area contributed by atoms with E-state index in [1.54, 1.807) is 18.5 Å². The van der Waals surface area contributed by atoms with Crippen LogP contribution in [0.5, 0.6) is 5.75 Å². The van der Waals surface area contributed by atoms with Gasteiger partial charge >= 0.3 is 0 Å². The number of nitriles is 1. The molecule has 24 heavy (non-hydrogen) atoms. The van der Waals surface area contributed by atoms with Crippen LogP contribution in [0.25, 0.3) is 5.57 Å². The van der Waals surface area contributed by atoms with Crippen molar-refractivity contribution in [1.82, 2.24) is 10.3 Å². The normalized spacial score (nSPS) is 14.4. The van der Waals surface area contributed by atoms with E-state index >= 15 is 0 Å². The molecule has 121 valence electrons. The van der Waals surface area contributed by atoms with Crippen molar-refractivity contribution in [3.8, 4) is 11.8 Å². The van der Waals surface area contributed by atoms with Crippen molar-refractivity contribution >= 4 is 17.2 Å². The molecule has 0 saturated carbocycles. The molecule has 0 aliphatic carbocycles. The molecule has 0 bridgehead atoms. The quantitative estimate of drug-likeness (QED) is 0.849. The molecule has 1 aliphatic heterocycles. The van der Waals surface area contributed by atoms with Crippen molar-refractivity contribution in [2.75, 3.05) is 13.1 Å². The maximum Gasteiger partial charge on any atom is 0.146 e. The Morgan fingerprint density at radius 3 is 2.83 bits per heavy atom. The van der Waals surface area contributed by atoms with Gasteiger partial charge in [-0.2, -0.15) is 5.26 Å². The average Bonchev–Trinajstić information content (AvgIpc) is 2.56. The van der Waals surface area contributed by atoms with Crippen LogP contribution in [0, 0.1) is 25.2 Å². The molecule has 5 heteroatoms. The molecule has 1 aliphatic rings. The Bertz CT molecular complexity index is 852. The topological polar surface area (TPSA) is 60.0 Å². The molecule has 2 heterocycles. The van der Waals surface area contributed by atoms with E-state index in [1.165, 1.54) is 0 Å². The zero-order valence-electron chi connectivity index (χ0n) is 13.6. The second-order valence-corrected chi connectivity index (χ2v) is 6.18. The number of hydrogen-bond donors (Lipinski definition) is 0. The van der Waals surface area contributed by atoms with E-state index in [4.69, 9.17) is 16.3 Å². The number of pyridine rings is 1. The first-order valence-corrected chi connectivity index (χ1v) is 8.12.